The van der Waals surface area contributed by atoms with Gasteiger partial charge in [-0.15, -0.1) is 0 Å². The summed E-state index contributed by atoms with van der Waals surface area (Å²) in [5.74, 6) is -1.51. The minimum atomic E-state index is -1.12. The van der Waals surface area contributed by atoms with Crippen molar-refractivity contribution in [3.8, 4) is 0 Å². The van der Waals surface area contributed by atoms with Crippen molar-refractivity contribution >= 4 is 17.7 Å². The van der Waals surface area contributed by atoms with E-state index in [-0.39, 0.29) is 12.2 Å². The third-order valence-electron chi connectivity index (χ3n) is 3.35. The summed E-state index contributed by atoms with van der Waals surface area (Å²) >= 11 is 0. The Balaban J connectivity index is 2.85. The Morgan fingerprint density at radius 1 is 1.00 bits per heavy atom. The Kier molecular flexibility index (Phi) is 4.66. The SMILES string of the molecule is COC(=O)CC(=O)C1(C(=O)OC)CCCCC1. The van der Waals surface area contributed by atoms with Crippen LogP contribution in [0.4, 0.5) is 0 Å². The van der Waals surface area contributed by atoms with Gasteiger partial charge in [0.25, 0.3) is 0 Å². The topological polar surface area (TPSA) is 69.7 Å². The maximum atomic E-state index is 12.1. The van der Waals surface area contributed by atoms with Gasteiger partial charge in [0.1, 0.15) is 11.8 Å². The molecule has 0 aliphatic heterocycles. The number of carbonyl (C=O) groups is 3. The van der Waals surface area contributed by atoms with Crippen LogP contribution in [0.15, 0.2) is 0 Å². The van der Waals surface area contributed by atoms with Crippen LogP contribution >= 0.6 is 0 Å². The summed E-state index contributed by atoms with van der Waals surface area (Å²) in [6, 6.07) is 0. The summed E-state index contributed by atoms with van der Waals surface area (Å²) < 4.78 is 9.18. The Morgan fingerprint density at radius 3 is 2.06 bits per heavy atom. The highest BCUT2D eigenvalue weighted by molar-refractivity contribution is 6.09. The highest BCUT2D eigenvalue weighted by Crippen LogP contribution is 2.39. The van der Waals surface area contributed by atoms with Crippen molar-refractivity contribution in [2.75, 3.05) is 14.2 Å². The standard InChI is InChI=1S/C12H18O5/c1-16-10(14)8-9(13)12(11(15)17-2)6-4-3-5-7-12/h3-8H2,1-2H3. The zero-order chi connectivity index (χ0) is 12.9. The molecule has 1 fully saturated rings. The third kappa shape index (κ3) is 2.84. The normalized spacial score (nSPS) is 18.2. The van der Waals surface area contributed by atoms with E-state index in [9.17, 15) is 14.4 Å². The molecule has 17 heavy (non-hydrogen) atoms. The molecule has 0 N–H and O–H groups in total. The van der Waals surface area contributed by atoms with Crippen molar-refractivity contribution in [1.29, 1.82) is 0 Å². The van der Waals surface area contributed by atoms with Crippen LogP contribution in [0, 0.1) is 5.41 Å². The zero-order valence-corrected chi connectivity index (χ0v) is 10.3. The quantitative estimate of drug-likeness (QED) is 0.548. The maximum Gasteiger partial charge on any atom is 0.319 e. The second kappa shape index (κ2) is 5.80. The Bertz CT molecular complexity index is 315. The van der Waals surface area contributed by atoms with Crippen molar-refractivity contribution in [3.63, 3.8) is 0 Å². The van der Waals surface area contributed by atoms with Gasteiger partial charge in [0.05, 0.1) is 14.2 Å². The number of methoxy groups -OCH3 is 2. The second-order valence-corrected chi connectivity index (χ2v) is 4.31. The summed E-state index contributed by atoms with van der Waals surface area (Å²) in [5.41, 5.74) is -1.12. The number of ether oxygens (including phenoxy) is 2. The molecule has 1 aliphatic carbocycles. The molecule has 0 bridgehead atoms. The van der Waals surface area contributed by atoms with E-state index >= 15 is 0 Å². The molecule has 0 heterocycles. The van der Waals surface area contributed by atoms with Crippen molar-refractivity contribution in [2.45, 2.75) is 38.5 Å². The van der Waals surface area contributed by atoms with Gasteiger partial charge in [0.15, 0.2) is 5.78 Å². The lowest BCUT2D eigenvalue weighted by Gasteiger charge is -2.32. The predicted octanol–water partition coefficient (Wildman–Crippen LogP) is 1.24. The monoisotopic (exact) mass is 242 g/mol. The van der Waals surface area contributed by atoms with Gasteiger partial charge in [-0.05, 0) is 12.8 Å². The first-order valence-electron chi connectivity index (χ1n) is 5.75. The van der Waals surface area contributed by atoms with Crippen molar-refractivity contribution in [3.05, 3.63) is 0 Å². The lowest BCUT2D eigenvalue weighted by molar-refractivity contribution is -0.161. The molecule has 1 aliphatic rings. The predicted molar refractivity (Wildman–Crippen MR) is 59.2 cm³/mol. The van der Waals surface area contributed by atoms with E-state index < -0.39 is 17.4 Å². The first-order chi connectivity index (χ1) is 8.06. The van der Waals surface area contributed by atoms with Crippen LogP contribution < -0.4 is 0 Å². The molecule has 5 heteroatoms. The number of hydrogen-bond donors (Lipinski definition) is 0. The van der Waals surface area contributed by atoms with E-state index in [1.54, 1.807) is 0 Å². The first-order valence-corrected chi connectivity index (χ1v) is 5.75. The zero-order valence-electron chi connectivity index (χ0n) is 10.3. The number of hydrogen-bond acceptors (Lipinski definition) is 5. The van der Waals surface area contributed by atoms with Crippen molar-refractivity contribution < 1.29 is 23.9 Å². The van der Waals surface area contributed by atoms with Gasteiger partial charge in [0.2, 0.25) is 0 Å². The van der Waals surface area contributed by atoms with Crippen LogP contribution in [0.25, 0.3) is 0 Å². The molecule has 0 saturated heterocycles. The van der Waals surface area contributed by atoms with Gasteiger partial charge in [0, 0.05) is 0 Å². The molecule has 1 rings (SSSR count). The summed E-state index contributed by atoms with van der Waals surface area (Å²) in [7, 11) is 2.49. The van der Waals surface area contributed by atoms with E-state index in [1.807, 2.05) is 0 Å². The van der Waals surface area contributed by atoms with E-state index in [0.29, 0.717) is 12.8 Å². The molecule has 0 spiro atoms. The summed E-state index contributed by atoms with van der Waals surface area (Å²) in [6.45, 7) is 0. The van der Waals surface area contributed by atoms with Gasteiger partial charge in [-0.25, -0.2) is 0 Å². The molecule has 1 saturated carbocycles. The average Bonchev–Trinajstić information content (AvgIpc) is 2.38. The van der Waals surface area contributed by atoms with Crippen molar-refractivity contribution in [2.24, 2.45) is 5.41 Å². The fraction of sp³-hybridized carbons (Fsp3) is 0.750. The number of carbonyl (C=O) groups excluding carboxylic acids is 3. The fourth-order valence-electron chi connectivity index (χ4n) is 2.32. The van der Waals surface area contributed by atoms with Crippen molar-refractivity contribution in [1.82, 2.24) is 0 Å². The number of Topliss-reactive ketones (excluding diaryl/α,β-unsaturated/α-hetero) is 1. The minimum Gasteiger partial charge on any atom is -0.469 e. The average molecular weight is 242 g/mol. The van der Waals surface area contributed by atoms with E-state index in [1.165, 1.54) is 14.2 Å². The van der Waals surface area contributed by atoms with Gasteiger partial charge >= 0.3 is 11.9 Å². The summed E-state index contributed by atoms with van der Waals surface area (Å²) in [4.78, 5) is 35.0. The van der Waals surface area contributed by atoms with E-state index in [4.69, 9.17) is 4.74 Å². The Hall–Kier alpha value is -1.39. The van der Waals surface area contributed by atoms with Gasteiger partial charge in [-0.2, -0.15) is 0 Å². The van der Waals surface area contributed by atoms with Crippen LogP contribution in [0.1, 0.15) is 38.5 Å². The lowest BCUT2D eigenvalue weighted by Crippen LogP contribution is -2.42. The molecule has 5 nitrogen and oxygen atoms in total. The summed E-state index contributed by atoms with van der Waals surface area (Å²) in [5, 5.41) is 0. The third-order valence-corrected chi connectivity index (χ3v) is 3.35. The van der Waals surface area contributed by atoms with Gasteiger partial charge in [-0.1, -0.05) is 19.3 Å². The molecule has 96 valence electrons. The number of rotatable bonds is 4. The minimum absolute atomic E-state index is 0.356. The number of ketones is 1. The molecular formula is C12H18O5. The maximum absolute atomic E-state index is 12.1. The van der Waals surface area contributed by atoms with Gasteiger partial charge < -0.3 is 9.47 Å². The first kappa shape index (κ1) is 13.7. The molecule has 0 atom stereocenters. The van der Waals surface area contributed by atoms with Gasteiger partial charge in [-0.3, -0.25) is 14.4 Å². The number of esters is 2. The highest BCUT2D eigenvalue weighted by Gasteiger charge is 2.47. The Labute approximate surface area is 100 Å². The Morgan fingerprint density at radius 2 is 1.59 bits per heavy atom. The molecule has 0 aromatic carbocycles. The largest absolute Gasteiger partial charge is 0.469 e. The van der Waals surface area contributed by atoms with Crippen LogP contribution in [0.2, 0.25) is 0 Å². The molecule has 0 unspecified atom stereocenters. The lowest BCUT2D eigenvalue weighted by atomic mass is 9.70. The molecular weight excluding hydrogens is 224 g/mol. The molecule has 0 amide bonds. The van der Waals surface area contributed by atoms with Crippen LogP contribution in [-0.4, -0.2) is 31.9 Å². The molecule has 0 radical (unpaired) electrons. The van der Waals surface area contributed by atoms with Crippen LogP contribution in [0.3, 0.4) is 0 Å². The second-order valence-electron chi connectivity index (χ2n) is 4.31. The van der Waals surface area contributed by atoms with E-state index in [0.717, 1.165) is 19.3 Å². The molecule has 0 aromatic heterocycles. The van der Waals surface area contributed by atoms with Crippen LogP contribution in [-0.2, 0) is 23.9 Å². The smallest absolute Gasteiger partial charge is 0.319 e. The fourth-order valence-corrected chi connectivity index (χ4v) is 2.32. The highest BCUT2D eigenvalue weighted by atomic mass is 16.5. The van der Waals surface area contributed by atoms with Crippen LogP contribution in [0.5, 0.6) is 0 Å². The van der Waals surface area contributed by atoms with E-state index in [2.05, 4.69) is 4.74 Å². The molecule has 0 aromatic rings. The summed E-state index contributed by atoms with van der Waals surface area (Å²) in [6.07, 6.45) is 3.20.